The Morgan fingerprint density at radius 2 is 1.32 bits per heavy atom. The second-order valence-electron chi connectivity index (χ2n) is 7.56. The Labute approximate surface area is 165 Å². The van der Waals surface area contributed by atoms with Gasteiger partial charge in [-0.05, 0) is 35.2 Å². The lowest BCUT2D eigenvalue weighted by atomic mass is 9.86. The first-order valence-electron chi connectivity index (χ1n) is 9.17. The van der Waals surface area contributed by atoms with E-state index in [0.717, 1.165) is 5.56 Å². The van der Waals surface area contributed by atoms with E-state index in [2.05, 4.69) is 20.8 Å². The van der Waals surface area contributed by atoms with Gasteiger partial charge in [-0.1, -0.05) is 45.0 Å². The predicted octanol–water partition coefficient (Wildman–Crippen LogP) is 4.38. The highest BCUT2D eigenvalue weighted by Gasteiger charge is 2.16. The van der Waals surface area contributed by atoms with Crippen LogP contribution in [0.1, 0.15) is 59.9 Å². The zero-order valence-corrected chi connectivity index (χ0v) is 16.8. The van der Waals surface area contributed by atoms with Crippen molar-refractivity contribution >= 4 is 17.5 Å². The molecule has 0 aliphatic rings. The van der Waals surface area contributed by atoms with Crippen molar-refractivity contribution in [2.75, 3.05) is 13.7 Å². The second-order valence-corrected chi connectivity index (χ2v) is 7.56. The van der Waals surface area contributed by atoms with Crippen LogP contribution in [0.15, 0.2) is 48.5 Å². The molecule has 0 aromatic heterocycles. The summed E-state index contributed by atoms with van der Waals surface area (Å²) in [4.78, 5) is 36.1. The van der Waals surface area contributed by atoms with Crippen molar-refractivity contribution in [3.63, 3.8) is 0 Å². The number of benzene rings is 2. The lowest BCUT2D eigenvalue weighted by molar-refractivity contribution is -0.142. The van der Waals surface area contributed by atoms with Gasteiger partial charge in [0.15, 0.2) is 18.2 Å². The molecule has 0 radical (unpaired) electrons. The fourth-order valence-corrected chi connectivity index (χ4v) is 2.59. The van der Waals surface area contributed by atoms with Gasteiger partial charge < -0.3 is 9.47 Å². The van der Waals surface area contributed by atoms with Gasteiger partial charge in [-0.2, -0.15) is 0 Å². The number of carbonyl (C=O) groups is 3. The third-order valence-corrected chi connectivity index (χ3v) is 4.41. The summed E-state index contributed by atoms with van der Waals surface area (Å²) in [6.07, 6.45) is -0.0409. The quantitative estimate of drug-likeness (QED) is 0.500. The molecule has 0 unspecified atom stereocenters. The Bertz CT molecular complexity index is 827. The van der Waals surface area contributed by atoms with Crippen LogP contribution in [0, 0.1) is 0 Å². The summed E-state index contributed by atoms with van der Waals surface area (Å²) in [7, 11) is 1.55. The van der Waals surface area contributed by atoms with Crippen LogP contribution >= 0.6 is 0 Å². The van der Waals surface area contributed by atoms with Gasteiger partial charge in [0.05, 0.1) is 13.5 Å². The third kappa shape index (κ3) is 6.05. The SMILES string of the molecule is COc1ccc(C(=O)CCC(=O)OCC(=O)c2ccc(C(C)(C)C)cc2)cc1. The molecule has 2 aromatic rings. The van der Waals surface area contributed by atoms with E-state index in [0.29, 0.717) is 16.9 Å². The number of rotatable bonds is 8. The van der Waals surface area contributed by atoms with E-state index in [9.17, 15) is 14.4 Å². The molecular formula is C23H26O5. The van der Waals surface area contributed by atoms with E-state index in [-0.39, 0.29) is 36.4 Å². The second kappa shape index (κ2) is 9.31. The Kier molecular flexibility index (Phi) is 7.10. The summed E-state index contributed by atoms with van der Waals surface area (Å²) in [6, 6.07) is 14.0. The van der Waals surface area contributed by atoms with Crippen molar-refractivity contribution in [3.05, 3.63) is 65.2 Å². The molecule has 2 aromatic carbocycles. The van der Waals surface area contributed by atoms with Gasteiger partial charge in [0.25, 0.3) is 0 Å². The highest BCUT2D eigenvalue weighted by molar-refractivity contribution is 5.99. The first kappa shape index (κ1) is 21.4. The zero-order chi connectivity index (χ0) is 20.7. The van der Waals surface area contributed by atoms with Crippen molar-refractivity contribution in [3.8, 4) is 5.75 Å². The van der Waals surface area contributed by atoms with Crippen LogP contribution in [0.3, 0.4) is 0 Å². The minimum atomic E-state index is -0.568. The minimum Gasteiger partial charge on any atom is -0.497 e. The largest absolute Gasteiger partial charge is 0.497 e. The Morgan fingerprint density at radius 3 is 1.86 bits per heavy atom. The highest BCUT2D eigenvalue weighted by Crippen LogP contribution is 2.22. The maximum atomic E-state index is 12.2. The molecule has 0 atom stereocenters. The summed E-state index contributed by atoms with van der Waals surface area (Å²) in [5.74, 6) is -0.342. The molecule has 0 aliphatic heterocycles. The number of ketones is 2. The van der Waals surface area contributed by atoms with E-state index >= 15 is 0 Å². The highest BCUT2D eigenvalue weighted by atomic mass is 16.5. The van der Waals surface area contributed by atoms with Crippen molar-refractivity contribution < 1.29 is 23.9 Å². The molecule has 0 saturated carbocycles. The number of Topliss-reactive ketones (excluding diaryl/α,β-unsaturated/α-hetero) is 2. The first-order valence-corrected chi connectivity index (χ1v) is 9.17. The molecule has 28 heavy (non-hydrogen) atoms. The van der Waals surface area contributed by atoms with Gasteiger partial charge in [-0.25, -0.2) is 0 Å². The van der Waals surface area contributed by atoms with Crippen LogP contribution in [0.4, 0.5) is 0 Å². The van der Waals surface area contributed by atoms with Crippen LogP contribution in [0.25, 0.3) is 0 Å². The predicted molar refractivity (Wildman–Crippen MR) is 107 cm³/mol. The molecule has 0 heterocycles. The number of hydrogen-bond acceptors (Lipinski definition) is 5. The molecular weight excluding hydrogens is 356 g/mol. The van der Waals surface area contributed by atoms with Gasteiger partial charge in [-0.15, -0.1) is 0 Å². The van der Waals surface area contributed by atoms with E-state index in [1.807, 2.05) is 12.1 Å². The summed E-state index contributed by atoms with van der Waals surface area (Å²) in [5.41, 5.74) is 2.13. The topological polar surface area (TPSA) is 69.7 Å². The maximum absolute atomic E-state index is 12.2. The lowest BCUT2D eigenvalue weighted by Crippen LogP contribution is -2.16. The summed E-state index contributed by atoms with van der Waals surface area (Å²) < 4.78 is 10.1. The minimum absolute atomic E-state index is 0.00443. The average molecular weight is 382 g/mol. The van der Waals surface area contributed by atoms with Gasteiger partial charge in [0.2, 0.25) is 0 Å². The number of methoxy groups -OCH3 is 1. The zero-order valence-electron chi connectivity index (χ0n) is 16.8. The molecule has 148 valence electrons. The van der Waals surface area contributed by atoms with Crippen molar-refractivity contribution in [1.29, 1.82) is 0 Å². The van der Waals surface area contributed by atoms with E-state index < -0.39 is 5.97 Å². The smallest absolute Gasteiger partial charge is 0.306 e. The van der Waals surface area contributed by atoms with Gasteiger partial charge >= 0.3 is 5.97 Å². The molecule has 2 rings (SSSR count). The van der Waals surface area contributed by atoms with E-state index in [4.69, 9.17) is 9.47 Å². The van der Waals surface area contributed by atoms with Gasteiger partial charge in [0.1, 0.15) is 5.75 Å². The van der Waals surface area contributed by atoms with E-state index in [1.54, 1.807) is 43.5 Å². The molecule has 0 fully saturated rings. The maximum Gasteiger partial charge on any atom is 0.306 e. The van der Waals surface area contributed by atoms with Gasteiger partial charge in [-0.3, -0.25) is 14.4 Å². The Morgan fingerprint density at radius 1 is 0.786 bits per heavy atom. The summed E-state index contributed by atoms with van der Waals surface area (Å²) >= 11 is 0. The van der Waals surface area contributed by atoms with Crippen molar-refractivity contribution in [2.24, 2.45) is 0 Å². The van der Waals surface area contributed by atoms with Crippen LogP contribution in [-0.2, 0) is 14.9 Å². The third-order valence-electron chi connectivity index (χ3n) is 4.41. The molecule has 0 amide bonds. The number of ether oxygens (including phenoxy) is 2. The molecule has 0 N–H and O–H groups in total. The molecule has 5 heteroatoms. The monoisotopic (exact) mass is 382 g/mol. The normalized spacial score (nSPS) is 11.0. The summed E-state index contributed by atoms with van der Waals surface area (Å²) in [6.45, 7) is 5.96. The van der Waals surface area contributed by atoms with Crippen molar-refractivity contribution in [1.82, 2.24) is 0 Å². The fraction of sp³-hybridized carbons (Fsp3) is 0.348. The van der Waals surface area contributed by atoms with Gasteiger partial charge in [0, 0.05) is 17.5 Å². The number of esters is 1. The Hall–Kier alpha value is -2.95. The van der Waals surface area contributed by atoms with Crippen LogP contribution in [-0.4, -0.2) is 31.3 Å². The molecule has 0 saturated heterocycles. The van der Waals surface area contributed by atoms with Crippen LogP contribution in [0.2, 0.25) is 0 Å². The average Bonchev–Trinajstić information content (AvgIpc) is 2.69. The summed E-state index contributed by atoms with van der Waals surface area (Å²) in [5, 5.41) is 0. The fourth-order valence-electron chi connectivity index (χ4n) is 2.59. The molecule has 0 bridgehead atoms. The molecule has 5 nitrogen and oxygen atoms in total. The Balaban J connectivity index is 1.79. The molecule has 0 spiro atoms. The molecule has 0 aliphatic carbocycles. The number of carbonyl (C=O) groups excluding carboxylic acids is 3. The van der Waals surface area contributed by atoms with E-state index in [1.165, 1.54) is 0 Å². The lowest BCUT2D eigenvalue weighted by Gasteiger charge is -2.18. The van der Waals surface area contributed by atoms with Crippen LogP contribution < -0.4 is 4.74 Å². The first-order chi connectivity index (χ1) is 13.2. The number of hydrogen-bond donors (Lipinski definition) is 0. The standard InChI is InChI=1S/C23H26O5/c1-23(2,3)18-9-5-17(6-10-18)21(25)15-28-22(26)14-13-20(24)16-7-11-19(27-4)12-8-16/h5-12H,13-15H2,1-4H3. The van der Waals surface area contributed by atoms with Crippen LogP contribution in [0.5, 0.6) is 5.75 Å². The van der Waals surface area contributed by atoms with Crippen molar-refractivity contribution in [2.45, 2.75) is 39.0 Å².